The van der Waals surface area contributed by atoms with Gasteiger partial charge in [0.2, 0.25) is 0 Å². The molecular weight excluding hydrogens is 276 g/mol. The molecule has 0 aromatic carbocycles. The highest BCUT2D eigenvalue weighted by molar-refractivity contribution is 7.89. The zero-order chi connectivity index (χ0) is 14.6. The highest BCUT2D eigenvalue weighted by atomic mass is 32.2. The van der Waals surface area contributed by atoms with Crippen molar-refractivity contribution < 1.29 is 8.42 Å². The monoisotopic (exact) mass is 300 g/mol. The Kier molecular flexibility index (Phi) is 5.17. The molecule has 20 heavy (non-hydrogen) atoms. The number of H-pyrrole nitrogens is 1. The second-order valence-corrected chi connectivity index (χ2v) is 7.09. The van der Waals surface area contributed by atoms with Crippen LogP contribution in [-0.2, 0) is 16.6 Å². The second kappa shape index (κ2) is 6.69. The number of rotatable bonds is 6. The molecule has 1 aromatic rings. The molecule has 3 N–H and O–H groups in total. The summed E-state index contributed by atoms with van der Waals surface area (Å²) in [7, 11) is -1.74. The third kappa shape index (κ3) is 3.39. The molecule has 2 rings (SSSR count). The smallest absolute Gasteiger partial charge is 0.258 e. The molecule has 6 nitrogen and oxygen atoms in total. The first kappa shape index (κ1) is 15.5. The zero-order valence-electron chi connectivity index (χ0n) is 12.1. The summed E-state index contributed by atoms with van der Waals surface area (Å²) in [5.41, 5.74) is 0.670. The van der Waals surface area contributed by atoms with Crippen molar-refractivity contribution in [1.82, 2.24) is 20.2 Å². The summed E-state index contributed by atoms with van der Waals surface area (Å²) in [4.78, 5) is 0. The number of aromatic amines is 1. The molecule has 1 fully saturated rings. The number of hydrogen-bond acceptors (Lipinski definition) is 4. The van der Waals surface area contributed by atoms with Crippen LogP contribution in [0.1, 0.15) is 44.6 Å². The highest BCUT2D eigenvalue weighted by Crippen LogP contribution is 2.28. The van der Waals surface area contributed by atoms with Crippen LogP contribution < -0.4 is 10.0 Å². The molecule has 1 aliphatic carbocycles. The lowest BCUT2D eigenvalue weighted by Gasteiger charge is -2.31. The van der Waals surface area contributed by atoms with E-state index >= 15 is 0 Å². The Hall–Kier alpha value is -0.920. The van der Waals surface area contributed by atoms with Gasteiger partial charge in [-0.15, -0.1) is 0 Å². The van der Waals surface area contributed by atoms with Crippen molar-refractivity contribution in [1.29, 1.82) is 0 Å². The minimum atomic E-state index is -3.52. The number of nitrogens with one attached hydrogen (secondary N) is 3. The minimum absolute atomic E-state index is 0.0458. The lowest BCUT2D eigenvalue weighted by Crippen LogP contribution is -2.42. The van der Waals surface area contributed by atoms with Gasteiger partial charge in [0.25, 0.3) is 10.0 Å². The molecule has 0 radical (unpaired) electrons. The van der Waals surface area contributed by atoms with Crippen molar-refractivity contribution in [3.05, 3.63) is 11.8 Å². The van der Waals surface area contributed by atoms with Gasteiger partial charge in [-0.25, -0.2) is 13.1 Å². The lowest BCUT2D eigenvalue weighted by molar-refractivity contribution is 0.282. The van der Waals surface area contributed by atoms with Gasteiger partial charge in [-0.2, -0.15) is 5.10 Å². The van der Waals surface area contributed by atoms with Gasteiger partial charge in [0.05, 0.1) is 6.20 Å². The first-order valence-electron chi connectivity index (χ1n) is 7.27. The molecule has 0 spiro atoms. The van der Waals surface area contributed by atoms with Gasteiger partial charge in [0.1, 0.15) is 0 Å². The number of aromatic nitrogens is 2. The summed E-state index contributed by atoms with van der Waals surface area (Å²) in [6.07, 6.45) is 6.90. The Labute approximate surface area is 120 Å². The average molecular weight is 300 g/mol. The molecule has 1 heterocycles. The number of hydrogen-bond donors (Lipinski definition) is 3. The number of nitrogens with zero attached hydrogens (tertiary/aromatic N) is 1. The van der Waals surface area contributed by atoms with E-state index in [1.54, 1.807) is 13.2 Å². The van der Waals surface area contributed by atoms with E-state index in [9.17, 15) is 8.42 Å². The molecule has 1 aromatic heterocycles. The molecule has 0 aliphatic heterocycles. The molecule has 2 unspecified atom stereocenters. The molecule has 7 heteroatoms. The first-order valence-corrected chi connectivity index (χ1v) is 8.76. The molecule has 114 valence electrons. The zero-order valence-corrected chi connectivity index (χ0v) is 13.0. The van der Waals surface area contributed by atoms with Gasteiger partial charge in [-0.1, -0.05) is 26.2 Å². The summed E-state index contributed by atoms with van der Waals surface area (Å²) >= 11 is 0. The van der Waals surface area contributed by atoms with Gasteiger partial charge < -0.3 is 5.32 Å². The highest BCUT2D eigenvalue weighted by Gasteiger charge is 2.30. The topological polar surface area (TPSA) is 86.9 Å². The van der Waals surface area contributed by atoms with Crippen molar-refractivity contribution >= 4 is 10.0 Å². The van der Waals surface area contributed by atoms with E-state index in [1.165, 1.54) is 6.42 Å². The van der Waals surface area contributed by atoms with Crippen LogP contribution in [0.25, 0.3) is 0 Å². The second-order valence-electron chi connectivity index (χ2n) is 5.44. The Bertz CT molecular complexity index is 526. The molecule has 0 saturated heterocycles. The third-order valence-electron chi connectivity index (χ3n) is 4.05. The van der Waals surface area contributed by atoms with E-state index in [0.717, 1.165) is 25.7 Å². The first-order chi connectivity index (χ1) is 9.58. The van der Waals surface area contributed by atoms with Gasteiger partial charge >= 0.3 is 0 Å². The molecule has 1 saturated carbocycles. The molecule has 2 atom stereocenters. The quantitative estimate of drug-likeness (QED) is 0.740. The van der Waals surface area contributed by atoms with E-state index in [4.69, 9.17) is 0 Å². The lowest BCUT2D eigenvalue weighted by atomic mass is 9.83. The maximum atomic E-state index is 12.5. The van der Waals surface area contributed by atoms with Gasteiger partial charge in [0, 0.05) is 18.2 Å². The van der Waals surface area contributed by atoms with Crippen LogP contribution in [0.3, 0.4) is 0 Å². The Balaban J connectivity index is 2.15. The standard InChI is InChI=1S/C13H24N4O2S/c1-3-10-6-4-5-7-12(10)17-20(18,19)13-11(8-14-2)9-15-16-13/h9-10,12,14,17H,3-8H2,1-2H3,(H,15,16). The third-order valence-corrected chi connectivity index (χ3v) is 5.56. The summed E-state index contributed by atoms with van der Waals surface area (Å²) in [6, 6.07) is 0.0458. The Morgan fingerprint density at radius 2 is 2.15 bits per heavy atom. The van der Waals surface area contributed by atoms with Crippen LogP contribution in [0, 0.1) is 5.92 Å². The maximum absolute atomic E-state index is 12.5. The predicted molar refractivity (Wildman–Crippen MR) is 77.7 cm³/mol. The van der Waals surface area contributed by atoms with Crippen LogP contribution in [0.15, 0.2) is 11.2 Å². The average Bonchev–Trinajstić information content (AvgIpc) is 2.88. The van der Waals surface area contributed by atoms with Crippen LogP contribution in [0.5, 0.6) is 0 Å². The minimum Gasteiger partial charge on any atom is -0.316 e. The summed E-state index contributed by atoms with van der Waals surface area (Å²) < 4.78 is 27.9. The van der Waals surface area contributed by atoms with Crippen molar-refractivity contribution in [2.75, 3.05) is 7.05 Å². The van der Waals surface area contributed by atoms with Crippen LogP contribution in [-0.4, -0.2) is 31.7 Å². The van der Waals surface area contributed by atoms with Crippen molar-refractivity contribution in [3.8, 4) is 0 Å². The van der Waals surface area contributed by atoms with Crippen molar-refractivity contribution in [3.63, 3.8) is 0 Å². The van der Waals surface area contributed by atoms with Crippen molar-refractivity contribution in [2.45, 2.75) is 56.6 Å². The fourth-order valence-electron chi connectivity index (χ4n) is 2.96. The summed E-state index contributed by atoms with van der Waals surface area (Å²) in [6.45, 7) is 2.61. The van der Waals surface area contributed by atoms with Gasteiger partial charge in [0.15, 0.2) is 5.03 Å². The van der Waals surface area contributed by atoms with Crippen LogP contribution >= 0.6 is 0 Å². The van der Waals surface area contributed by atoms with E-state index in [0.29, 0.717) is 18.0 Å². The Morgan fingerprint density at radius 1 is 1.40 bits per heavy atom. The summed E-state index contributed by atoms with van der Waals surface area (Å²) in [5, 5.41) is 9.61. The van der Waals surface area contributed by atoms with E-state index < -0.39 is 10.0 Å². The predicted octanol–water partition coefficient (Wildman–Crippen LogP) is 1.38. The fraction of sp³-hybridized carbons (Fsp3) is 0.769. The molecule has 1 aliphatic rings. The Morgan fingerprint density at radius 3 is 2.85 bits per heavy atom. The normalized spacial score (nSPS) is 23.9. The molecule has 0 amide bonds. The van der Waals surface area contributed by atoms with E-state index in [1.807, 2.05) is 0 Å². The molecular formula is C13H24N4O2S. The van der Waals surface area contributed by atoms with E-state index in [-0.39, 0.29) is 11.1 Å². The number of sulfonamides is 1. The SMILES string of the molecule is CCC1CCCCC1NS(=O)(=O)c1[nH]ncc1CNC. The van der Waals surface area contributed by atoms with Crippen LogP contribution in [0.2, 0.25) is 0 Å². The van der Waals surface area contributed by atoms with Crippen LogP contribution in [0.4, 0.5) is 0 Å². The largest absolute Gasteiger partial charge is 0.316 e. The summed E-state index contributed by atoms with van der Waals surface area (Å²) in [5.74, 6) is 0.439. The van der Waals surface area contributed by atoms with Crippen molar-refractivity contribution in [2.24, 2.45) is 5.92 Å². The van der Waals surface area contributed by atoms with E-state index in [2.05, 4.69) is 27.2 Å². The fourth-order valence-corrected chi connectivity index (χ4v) is 4.43. The maximum Gasteiger partial charge on any atom is 0.258 e. The van der Waals surface area contributed by atoms with Gasteiger partial charge in [-0.3, -0.25) is 5.10 Å². The molecule has 0 bridgehead atoms. The van der Waals surface area contributed by atoms with Gasteiger partial charge in [-0.05, 0) is 25.8 Å².